The molecule has 0 radical (unpaired) electrons. The van der Waals surface area contributed by atoms with E-state index < -0.39 is 0 Å². The number of hydrogen-bond donors (Lipinski definition) is 1. The number of nitrogens with one attached hydrogen (secondary N) is 1. The van der Waals surface area contributed by atoms with Gasteiger partial charge in [0.2, 0.25) is 5.13 Å². The second kappa shape index (κ2) is 6.71. The van der Waals surface area contributed by atoms with Crippen molar-refractivity contribution in [2.24, 2.45) is 0 Å². The van der Waals surface area contributed by atoms with E-state index in [0.717, 1.165) is 21.7 Å². The predicted molar refractivity (Wildman–Crippen MR) is 110 cm³/mol. The molecule has 8 nitrogen and oxygen atoms in total. The molecule has 0 atom stereocenters. The van der Waals surface area contributed by atoms with Gasteiger partial charge in [-0.2, -0.15) is 9.78 Å². The molecule has 3 heterocycles. The van der Waals surface area contributed by atoms with Gasteiger partial charge in [0.1, 0.15) is 17.1 Å². The van der Waals surface area contributed by atoms with Crippen molar-refractivity contribution in [3.8, 4) is 10.9 Å². The minimum absolute atomic E-state index is 0.265. The van der Waals surface area contributed by atoms with Gasteiger partial charge in [0, 0.05) is 11.6 Å². The maximum absolute atomic E-state index is 12.8. The summed E-state index contributed by atoms with van der Waals surface area (Å²) in [7, 11) is 1.63. The Bertz CT molecular complexity index is 1370. The van der Waals surface area contributed by atoms with Crippen LogP contribution in [-0.4, -0.2) is 32.8 Å². The first kappa shape index (κ1) is 17.4. The molecule has 29 heavy (non-hydrogen) atoms. The Morgan fingerprint density at radius 1 is 1.17 bits per heavy atom. The van der Waals surface area contributed by atoms with Crippen molar-refractivity contribution in [2.75, 3.05) is 12.4 Å². The molecule has 2 aromatic carbocycles. The number of amides is 1. The van der Waals surface area contributed by atoms with E-state index in [9.17, 15) is 4.79 Å². The number of carbonyl (C=O) groups excluding carboxylic acids is 1. The molecule has 0 aliphatic rings. The highest BCUT2D eigenvalue weighted by atomic mass is 32.1. The van der Waals surface area contributed by atoms with Crippen LogP contribution in [0.25, 0.3) is 26.4 Å². The fraction of sp³-hybridized carbons (Fsp3) is 0.100. The number of hydrogen-bond acceptors (Lipinski definition) is 7. The highest BCUT2D eigenvalue weighted by Gasteiger charge is 2.16. The number of anilines is 1. The molecule has 3 aromatic heterocycles. The van der Waals surface area contributed by atoms with Gasteiger partial charge in [-0.3, -0.25) is 4.79 Å². The first-order chi connectivity index (χ1) is 14.1. The Hall–Kier alpha value is -3.72. The van der Waals surface area contributed by atoms with Crippen LogP contribution in [0.15, 0.2) is 53.3 Å². The fourth-order valence-corrected chi connectivity index (χ4v) is 3.99. The number of fused-ring (bicyclic) bond motifs is 2. The molecule has 0 bridgehead atoms. The van der Waals surface area contributed by atoms with Crippen LogP contribution in [0, 0.1) is 6.92 Å². The topological polar surface area (TPSA) is 95.1 Å². The van der Waals surface area contributed by atoms with Crippen LogP contribution in [-0.2, 0) is 0 Å². The highest BCUT2D eigenvalue weighted by molar-refractivity contribution is 7.20. The first-order valence-corrected chi connectivity index (χ1v) is 9.58. The number of ether oxygens (including phenoxy) is 1. The minimum Gasteiger partial charge on any atom is -0.497 e. The van der Waals surface area contributed by atoms with Gasteiger partial charge in [0.25, 0.3) is 5.91 Å². The highest BCUT2D eigenvalue weighted by Crippen LogP contribution is 2.30. The molecule has 0 unspecified atom stereocenters. The Morgan fingerprint density at radius 3 is 2.93 bits per heavy atom. The number of oxazole rings is 1. The summed E-state index contributed by atoms with van der Waals surface area (Å²) in [4.78, 5) is 21.5. The largest absolute Gasteiger partial charge is 0.497 e. The molecule has 0 saturated carbocycles. The van der Waals surface area contributed by atoms with Gasteiger partial charge in [-0.15, -0.1) is 0 Å². The summed E-state index contributed by atoms with van der Waals surface area (Å²) in [5.41, 5.74) is 3.34. The average molecular weight is 405 g/mol. The number of aromatic nitrogens is 4. The zero-order valence-electron chi connectivity index (χ0n) is 15.5. The number of methoxy groups -OCH3 is 1. The molecule has 0 fully saturated rings. The summed E-state index contributed by atoms with van der Waals surface area (Å²) >= 11 is 1.47. The molecular formula is C20H15N5O3S. The summed E-state index contributed by atoms with van der Waals surface area (Å²) in [6.45, 7) is 1.87. The lowest BCUT2D eigenvalue weighted by Gasteiger charge is -2.06. The minimum atomic E-state index is -0.265. The van der Waals surface area contributed by atoms with Crippen LogP contribution >= 0.6 is 11.3 Å². The van der Waals surface area contributed by atoms with Gasteiger partial charge < -0.3 is 14.5 Å². The standard InChI is InChI=1S/C20H15N5O3S/c1-11-7-18(23-19(26)12-3-6-16-15(8-12)21-10-28-16)25(24-11)20-22-14-5-4-13(27-2)9-17(14)29-20/h3-10H,1-2H3,(H,23,26). The van der Waals surface area contributed by atoms with Crippen LogP contribution in [0.5, 0.6) is 5.75 Å². The molecular weight excluding hydrogens is 390 g/mol. The van der Waals surface area contributed by atoms with Crippen molar-refractivity contribution < 1.29 is 13.9 Å². The SMILES string of the molecule is COc1ccc2nc(-n3nc(C)cc3NC(=O)c3ccc4ocnc4c3)sc2c1. The first-order valence-electron chi connectivity index (χ1n) is 8.77. The Labute approximate surface area is 168 Å². The monoisotopic (exact) mass is 405 g/mol. The molecule has 0 spiro atoms. The van der Waals surface area contributed by atoms with Gasteiger partial charge in [0.05, 0.1) is 23.0 Å². The van der Waals surface area contributed by atoms with Crippen molar-refractivity contribution in [3.63, 3.8) is 0 Å². The second-order valence-corrected chi connectivity index (χ2v) is 7.41. The average Bonchev–Trinajstić information content (AvgIpc) is 3.44. The summed E-state index contributed by atoms with van der Waals surface area (Å²) < 4.78 is 13.1. The smallest absolute Gasteiger partial charge is 0.256 e. The second-order valence-electron chi connectivity index (χ2n) is 6.40. The normalized spacial score (nSPS) is 11.2. The maximum Gasteiger partial charge on any atom is 0.256 e. The molecule has 9 heteroatoms. The molecule has 5 rings (SSSR count). The zero-order valence-corrected chi connectivity index (χ0v) is 16.4. The van der Waals surface area contributed by atoms with Crippen LogP contribution in [0.4, 0.5) is 5.82 Å². The molecule has 1 N–H and O–H groups in total. The Morgan fingerprint density at radius 2 is 2.07 bits per heavy atom. The number of thiazole rings is 1. The summed E-state index contributed by atoms with van der Waals surface area (Å²) in [6.07, 6.45) is 1.35. The lowest BCUT2D eigenvalue weighted by molar-refractivity contribution is 0.102. The van der Waals surface area contributed by atoms with Crippen molar-refractivity contribution >= 4 is 44.4 Å². The van der Waals surface area contributed by atoms with E-state index in [1.54, 1.807) is 36.1 Å². The van der Waals surface area contributed by atoms with Crippen molar-refractivity contribution in [1.82, 2.24) is 19.7 Å². The summed E-state index contributed by atoms with van der Waals surface area (Å²) in [5.74, 6) is 1.04. The van der Waals surface area contributed by atoms with Crippen molar-refractivity contribution in [3.05, 3.63) is 60.1 Å². The lowest BCUT2D eigenvalue weighted by Crippen LogP contribution is -2.15. The predicted octanol–water partition coefficient (Wildman–Crippen LogP) is 4.19. The van der Waals surface area contributed by atoms with Crippen LogP contribution < -0.4 is 10.1 Å². The zero-order chi connectivity index (χ0) is 20.0. The summed E-state index contributed by atoms with van der Waals surface area (Å²) in [6, 6.07) is 12.6. The number of rotatable bonds is 4. The van der Waals surface area contributed by atoms with Crippen molar-refractivity contribution in [2.45, 2.75) is 6.92 Å². The van der Waals surface area contributed by atoms with Gasteiger partial charge in [-0.05, 0) is 43.3 Å². The van der Waals surface area contributed by atoms with E-state index in [1.807, 2.05) is 25.1 Å². The van der Waals surface area contributed by atoms with Gasteiger partial charge >= 0.3 is 0 Å². The summed E-state index contributed by atoms with van der Waals surface area (Å²) in [5, 5.41) is 8.07. The number of nitrogens with zero attached hydrogens (tertiary/aromatic N) is 4. The number of carbonyl (C=O) groups is 1. The Kier molecular flexibility index (Phi) is 4.02. The van der Waals surface area contributed by atoms with E-state index in [0.29, 0.717) is 27.6 Å². The van der Waals surface area contributed by atoms with E-state index in [-0.39, 0.29) is 5.91 Å². The maximum atomic E-state index is 12.8. The van der Waals surface area contributed by atoms with Gasteiger partial charge in [0.15, 0.2) is 12.0 Å². The third-order valence-corrected chi connectivity index (χ3v) is 5.42. The van der Waals surface area contributed by atoms with Gasteiger partial charge in [-0.1, -0.05) is 11.3 Å². The lowest BCUT2D eigenvalue weighted by atomic mass is 10.2. The van der Waals surface area contributed by atoms with Crippen LogP contribution in [0.3, 0.4) is 0 Å². The number of benzene rings is 2. The number of aryl methyl sites for hydroxylation is 1. The molecule has 0 aliphatic heterocycles. The Balaban J connectivity index is 1.49. The quantitative estimate of drug-likeness (QED) is 0.482. The van der Waals surface area contributed by atoms with Crippen LogP contribution in [0.2, 0.25) is 0 Å². The van der Waals surface area contributed by atoms with E-state index in [2.05, 4.69) is 20.4 Å². The van der Waals surface area contributed by atoms with E-state index in [4.69, 9.17) is 9.15 Å². The molecule has 1 amide bonds. The van der Waals surface area contributed by atoms with Crippen LogP contribution in [0.1, 0.15) is 16.1 Å². The molecule has 0 aliphatic carbocycles. The third kappa shape index (κ3) is 3.11. The van der Waals surface area contributed by atoms with Gasteiger partial charge in [-0.25, -0.2) is 9.97 Å². The van der Waals surface area contributed by atoms with E-state index in [1.165, 1.54) is 17.7 Å². The molecule has 5 aromatic rings. The molecule has 144 valence electrons. The fourth-order valence-electron chi connectivity index (χ4n) is 3.03. The third-order valence-electron chi connectivity index (χ3n) is 4.43. The van der Waals surface area contributed by atoms with Crippen molar-refractivity contribution in [1.29, 1.82) is 0 Å². The molecule has 0 saturated heterocycles. The van der Waals surface area contributed by atoms with E-state index >= 15 is 0 Å².